The molecule has 1 aliphatic heterocycles. The molecule has 0 aromatic heterocycles. The number of sulfonamides is 1. The van der Waals surface area contributed by atoms with Crippen molar-refractivity contribution in [1.29, 1.82) is 0 Å². The molecule has 1 fully saturated rings. The fourth-order valence-corrected chi connectivity index (χ4v) is 5.70. The number of nitrogens with zero attached hydrogens (tertiary/aromatic N) is 1. The Balaban J connectivity index is 1.47. The minimum Gasteiger partial charge on any atom is -0.373 e. The molecule has 154 valence electrons. The van der Waals surface area contributed by atoms with Crippen LogP contribution in [0.25, 0.3) is 0 Å². The molecule has 2 aromatic carbocycles. The molecular formula is C22H26N2O4S. The lowest BCUT2D eigenvalue weighted by molar-refractivity contribution is -0.0440. The van der Waals surface area contributed by atoms with Gasteiger partial charge in [-0.3, -0.25) is 4.79 Å². The zero-order valence-corrected chi connectivity index (χ0v) is 17.5. The van der Waals surface area contributed by atoms with Crippen LogP contribution in [-0.2, 0) is 27.6 Å². The largest absolute Gasteiger partial charge is 0.373 e. The van der Waals surface area contributed by atoms with Gasteiger partial charge >= 0.3 is 0 Å². The molecule has 0 spiro atoms. The van der Waals surface area contributed by atoms with Gasteiger partial charge in [0.05, 0.1) is 17.1 Å². The molecular weight excluding hydrogens is 388 g/mol. The average molecular weight is 415 g/mol. The Morgan fingerprint density at radius 2 is 1.66 bits per heavy atom. The van der Waals surface area contributed by atoms with Gasteiger partial charge in [-0.05, 0) is 80.6 Å². The molecule has 0 radical (unpaired) electrons. The lowest BCUT2D eigenvalue weighted by Gasteiger charge is -2.34. The van der Waals surface area contributed by atoms with Crippen LogP contribution in [0.4, 0.5) is 5.69 Å². The second-order valence-electron chi connectivity index (χ2n) is 7.89. The van der Waals surface area contributed by atoms with Gasteiger partial charge in [0.15, 0.2) is 0 Å². The number of ether oxygens (including phenoxy) is 1. The van der Waals surface area contributed by atoms with Gasteiger partial charge in [0.25, 0.3) is 5.91 Å². The van der Waals surface area contributed by atoms with Crippen LogP contribution in [0.3, 0.4) is 0 Å². The normalized spacial score (nSPS) is 22.3. The van der Waals surface area contributed by atoms with Crippen molar-refractivity contribution in [3.8, 4) is 0 Å². The lowest BCUT2D eigenvalue weighted by Crippen LogP contribution is -2.48. The molecule has 1 aliphatic carbocycles. The summed E-state index contributed by atoms with van der Waals surface area (Å²) < 4.78 is 32.9. The number of carbonyl (C=O) groups is 1. The van der Waals surface area contributed by atoms with E-state index >= 15 is 0 Å². The van der Waals surface area contributed by atoms with E-state index in [-0.39, 0.29) is 23.0 Å². The number of aryl methyl sites for hydroxylation is 2. The van der Waals surface area contributed by atoms with Crippen molar-refractivity contribution in [1.82, 2.24) is 4.31 Å². The number of hydrogen-bond acceptors (Lipinski definition) is 4. The molecule has 2 aromatic rings. The first-order chi connectivity index (χ1) is 13.8. The molecule has 0 saturated carbocycles. The Bertz CT molecular complexity index is 1010. The molecule has 0 unspecified atom stereocenters. The Morgan fingerprint density at radius 3 is 2.34 bits per heavy atom. The number of anilines is 1. The zero-order chi connectivity index (χ0) is 20.6. The number of carbonyl (C=O) groups excluding carboxylic acids is 1. The van der Waals surface area contributed by atoms with Crippen LogP contribution < -0.4 is 5.32 Å². The maximum Gasteiger partial charge on any atom is 0.255 e. The van der Waals surface area contributed by atoms with Crippen molar-refractivity contribution in [2.24, 2.45) is 0 Å². The topological polar surface area (TPSA) is 75.7 Å². The Hall–Kier alpha value is -2.22. The summed E-state index contributed by atoms with van der Waals surface area (Å²) in [5.74, 6) is -0.250. The highest BCUT2D eigenvalue weighted by Gasteiger charge is 2.32. The van der Waals surface area contributed by atoms with Gasteiger partial charge < -0.3 is 10.1 Å². The van der Waals surface area contributed by atoms with Crippen LogP contribution in [0.2, 0.25) is 0 Å². The second-order valence-corrected chi connectivity index (χ2v) is 9.83. The minimum atomic E-state index is -3.61. The standard InChI is InChI=1S/C22H26N2O4S/c1-15-13-24(14-16(2)28-15)29(26,27)21-10-7-18(8-11-21)22(25)23-20-9-6-17-4-3-5-19(17)12-20/h6-12,15-16H,3-5,13-14H2,1-2H3,(H,23,25)/t15-,16+. The summed E-state index contributed by atoms with van der Waals surface area (Å²) in [6, 6.07) is 12.1. The van der Waals surface area contributed by atoms with Crippen molar-refractivity contribution < 1.29 is 17.9 Å². The van der Waals surface area contributed by atoms with E-state index in [2.05, 4.69) is 11.4 Å². The first-order valence-corrected chi connectivity index (χ1v) is 11.5. The van der Waals surface area contributed by atoms with Crippen LogP contribution in [0, 0.1) is 0 Å². The second kappa shape index (κ2) is 7.89. The highest BCUT2D eigenvalue weighted by molar-refractivity contribution is 7.89. The van der Waals surface area contributed by atoms with E-state index < -0.39 is 10.0 Å². The molecule has 1 heterocycles. The molecule has 7 heteroatoms. The average Bonchev–Trinajstić information content (AvgIpc) is 3.15. The molecule has 29 heavy (non-hydrogen) atoms. The van der Waals surface area contributed by atoms with E-state index in [9.17, 15) is 13.2 Å². The molecule has 1 saturated heterocycles. The molecule has 1 amide bonds. The van der Waals surface area contributed by atoms with E-state index in [4.69, 9.17) is 4.74 Å². The summed E-state index contributed by atoms with van der Waals surface area (Å²) >= 11 is 0. The fraction of sp³-hybridized carbons (Fsp3) is 0.409. The van der Waals surface area contributed by atoms with Crippen LogP contribution in [0.1, 0.15) is 41.8 Å². The summed E-state index contributed by atoms with van der Waals surface area (Å²) in [6.07, 6.45) is 3.00. The Morgan fingerprint density at radius 1 is 1.00 bits per heavy atom. The van der Waals surface area contributed by atoms with Gasteiger partial charge in [-0.25, -0.2) is 8.42 Å². The number of fused-ring (bicyclic) bond motifs is 1. The van der Waals surface area contributed by atoms with Crippen molar-refractivity contribution in [2.75, 3.05) is 18.4 Å². The van der Waals surface area contributed by atoms with Crippen LogP contribution >= 0.6 is 0 Å². The van der Waals surface area contributed by atoms with E-state index in [1.165, 1.54) is 27.6 Å². The Labute approximate surface area is 171 Å². The number of rotatable bonds is 4. The number of morpholine rings is 1. The van der Waals surface area contributed by atoms with Crippen LogP contribution in [0.5, 0.6) is 0 Å². The molecule has 1 N–H and O–H groups in total. The number of benzene rings is 2. The van der Waals surface area contributed by atoms with Crippen LogP contribution in [-0.4, -0.2) is 43.9 Å². The first kappa shape index (κ1) is 20.1. The fourth-order valence-electron chi connectivity index (χ4n) is 4.11. The summed E-state index contributed by atoms with van der Waals surface area (Å²) in [5.41, 5.74) is 3.83. The van der Waals surface area contributed by atoms with Crippen LogP contribution in [0.15, 0.2) is 47.4 Å². The molecule has 2 aliphatic rings. The molecule has 0 bridgehead atoms. The highest BCUT2D eigenvalue weighted by Crippen LogP contribution is 2.25. The summed E-state index contributed by atoms with van der Waals surface area (Å²) in [5, 5.41) is 2.91. The minimum absolute atomic E-state index is 0.147. The predicted molar refractivity (Wildman–Crippen MR) is 112 cm³/mol. The van der Waals surface area contributed by atoms with E-state index in [1.54, 1.807) is 12.1 Å². The van der Waals surface area contributed by atoms with E-state index in [0.29, 0.717) is 18.7 Å². The molecule has 6 nitrogen and oxygen atoms in total. The SMILES string of the molecule is C[C@@H]1CN(S(=O)(=O)c2ccc(C(=O)Nc3ccc4c(c3)CCC4)cc2)C[C@H](C)O1. The van der Waals surface area contributed by atoms with Gasteiger partial charge in [0.2, 0.25) is 10.0 Å². The quantitative estimate of drug-likeness (QED) is 0.834. The zero-order valence-electron chi connectivity index (χ0n) is 16.7. The molecule has 2 atom stereocenters. The van der Waals surface area contributed by atoms with E-state index in [0.717, 1.165) is 24.9 Å². The summed E-state index contributed by atoms with van der Waals surface area (Å²) in [6.45, 7) is 4.38. The monoisotopic (exact) mass is 414 g/mol. The number of amides is 1. The maximum absolute atomic E-state index is 12.9. The van der Waals surface area contributed by atoms with E-state index in [1.807, 2.05) is 26.0 Å². The smallest absolute Gasteiger partial charge is 0.255 e. The summed E-state index contributed by atoms with van der Waals surface area (Å²) in [7, 11) is -3.61. The van der Waals surface area contributed by atoms with Gasteiger partial charge in [-0.1, -0.05) is 6.07 Å². The lowest BCUT2D eigenvalue weighted by atomic mass is 10.1. The predicted octanol–water partition coefficient (Wildman–Crippen LogP) is 3.23. The summed E-state index contributed by atoms with van der Waals surface area (Å²) in [4.78, 5) is 12.8. The third-order valence-electron chi connectivity index (χ3n) is 5.50. The van der Waals surface area contributed by atoms with Crippen molar-refractivity contribution >= 4 is 21.6 Å². The number of hydrogen-bond donors (Lipinski definition) is 1. The maximum atomic E-state index is 12.9. The van der Waals surface area contributed by atoms with Crippen molar-refractivity contribution in [3.63, 3.8) is 0 Å². The van der Waals surface area contributed by atoms with Gasteiger partial charge in [0.1, 0.15) is 0 Å². The first-order valence-electron chi connectivity index (χ1n) is 10.0. The highest BCUT2D eigenvalue weighted by atomic mass is 32.2. The van der Waals surface area contributed by atoms with Crippen molar-refractivity contribution in [3.05, 3.63) is 59.2 Å². The Kier molecular flexibility index (Phi) is 5.46. The van der Waals surface area contributed by atoms with Gasteiger partial charge in [-0.15, -0.1) is 0 Å². The van der Waals surface area contributed by atoms with Gasteiger partial charge in [0, 0.05) is 24.3 Å². The third-order valence-corrected chi connectivity index (χ3v) is 7.34. The van der Waals surface area contributed by atoms with Crippen molar-refractivity contribution in [2.45, 2.75) is 50.2 Å². The van der Waals surface area contributed by atoms with Gasteiger partial charge in [-0.2, -0.15) is 4.31 Å². The number of nitrogens with one attached hydrogen (secondary N) is 1. The molecule has 4 rings (SSSR count). The third kappa shape index (κ3) is 4.22.